The van der Waals surface area contributed by atoms with Gasteiger partial charge in [-0.3, -0.25) is 4.79 Å². The molecule has 2 bridgehead atoms. The number of nitrogens with zero attached hydrogens (tertiary/aromatic N) is 1. The molecule has 8 nitrogen and oxygen atoms in total. The summed E-state index contributed by atoms with van der Waals surface area (Å²) < 4.78 is 79.8. The molecule has 2 aromatic rings. The smallest absolute Gasteiger partial charge is 0.240 e. The fourth-order valence-corrected chi connectivity index (χ4v) is 6.86. The fraction of sp³-hybridized carbons (Fsp3) is 0.500. The monoisotopic (exact) mass is 553 g/mol. The Balaban J connectivity index is 1.15. The number of rotatable bonds is 8. The number of carbonyl (C=O) groups excluding carboxylic acids is 1. The van der Waals surface area contributed by atoms with Crippen molar-refractivity contribution >= 4 is 15.9 Å². The standard InChI is InChI=1S/C26H30F3N3O5S/c27-20-14-22(29)21(28)11-15(20)12-23(30)16-9-17-1-2-18(10-16)32(17)26(33)5-6-31-38(34,35)19-3-4-24-25(13-19)37-8-7-36-24/h3-4,11,13-14,16-18,23,31H,1-2,5-10,12,30H2/t16?,17-,18?,23?/m1/s1. The van der Waals surface area contributed by atoms with Gasteiger partial charge in [0, 0.05) is 43.2 Å². The summed E-state index contributed by atoms with van der Waals surface area (Å²) in [6.45, 7) is 0.686. The highest BCUT2D eigenvalue weighted by Crippen LogP contribution is 2.40. The van der Waals surface area contributed by atoms with Gasteiger partial charge in [-0.05, 0) is 61.8 Å². The lowest BCUT2D eigenvalue weighted by Crippen LogP contribution is -2.50. The molecule has 4 atom stereocenters. The SMILES string of the molecule is NC(Cc1cc(F)c(F)cc1F)C1CC2CC[C@H](C1)N2C(=O)CCNS(=O)(=O)c1ccc2c(c1)OCCO2. The first-order chi connectivity index (χ1) is 18.1. The topological polar surface area (TPSA) is 111 Å². The Morgan fingerprint density at radius 2 is 1.66 bits per heavy atom. The number of halogens is 3. The van der Waals surface area contributed by atoms with Crippen molar-refractivity contribution in [1.82, 2.24) is 9.62 Å². The van der Waals surface area contributed by atoms with E-state index in [0.717, 1.165) is 18.9 Å². The summed E-state index contributed by atoms with van der Waals surface area (Å²) in [5, 5.41) is 0. The van der Waals surface area contributed by atoms with Crippen molar-refractivity contribution in [3.05, 3.63) is 53.3 Å². The van der Waals surface area contributed by atoms with Crippen molar-refractivity contribution < 1.29 is 35.9 Å². The highest BCUT2D eigenvalue weighted by Gasteiger charge is 2.44. The van der Waals surface area contributed by atoms with Gasteiger partial charge in [-0.15, -0.1) is 0 Å². The zero-order chi connectivity index (χ0) is 27.0. The first kappa shape index (κ1) is 26.8. The van der Waals surface area contributed by atoms with Gasteiger partial charge in [-0.25, -0.2) is 26.3 Å². The molecule has 3 N–H and O–H groups in total. The fourth-order valence-electron chi connectivity index (χ4n) is 5.81. The first-order valence-corrected chi connectivity index (χ1v) is 14.2. The molecule has 12 heteroatoms. The van der Waals surface area contributed by atoms with Crippen LogP contribution < -0.4 is 19.9 Å². The van der Waals surface area contributed by atoms with Crippen LogP contribution in [0.1, 0.15) is 37.7 Å². The van der Waals surface area contributed by atoms with Gasteiger partial charge >= 0.3 is 0 Å². The van der Waals surface area contributed by atoms with Gasteiger partial charge in [0.1, 0.15) is 19.0 Å². The van der Waals surface area contributed by atoms with Gasteiger partial charge < -0.3 is 20.1 Å². The Morgan fingerprint density at radius 1 is 1.00 bits per heavy atom. The number of nitrogens with one attached hydrogen (secondary N) is 1. The molecule has 206 valence electrons. The number of nitrogens with two attached hydrogens (primary N) is 1. The number of piperidine rings is 1. The van der Waals surface area contributed by atoms with Crippen molar-refractivity contribution in [2.45, 2.75) is 61.5 Å². The van der Waals surface area contributed by atoms with Crippen molar-refractivity contribution in [2.24, 2.45) is 11.7 Å². The average molecular weight is 554 g/mol. The largest absolute Gasteiger partial charge is 0.486 e. The van der Waals surface area contributed by atoms with Crippen molar-refractivity contribution in [3.63, 3.8) is 0 Å². The average Bonchev–Trinajstić information content (AvgIpc) is 3.15. The molecule has 3 unspecified atom stereocenters. The number of benzene rings is 2. The third-order valence-corrected chi connectivity index (χ3v) is 9.12. The molecule has 3 aliphatic rings. The molecule has 38 heavy (non-hydrogen) atoms. The van der Waals surface area contributed by atoms with E-state index in [1.807, 2.05) is 4.90 Å². The van der Waals surface area contributed by atoms with Gasteiger partial charge in [-0.2, -0.15) is 0 Å². The van der Waals surface area contributed by atoms with Gasteiger partial charge in [0.25, 0.3) is 0 Å². The van der Waals surface area contributed by atoms with E-state index in [9.17, 15) is 26.4 Å². The molecule has 5 rings (SSSR count). The number of hydrogen-bond donors (Lipinski definition) is 2. The lowest BCUT2D eigenvalue weighted by atomic mass is 9.82. The second kappa shape index (κ2) is 10.7. The third-order valence-electron chi connectivity index (χ3n) is 7.66. The molecular weight excluding hydrogens is 523 g/mol. The maximum absolute atomic E-state index is 14.1. The van der Waals surface area contributed by atoms with E-state index in [0.29, 0.717) is 43.6 Å². The summed E-state index contributed by atoms with van der Waals surface area (Å²) in [7, 11) is -3.84. The van der Waals surface area contributed by atoms with Crippen LogP contribution in [-0.4, -0.2) is 57.1 Å². The van der Waals surface area contributed by atoms with E-state index in [-0.39, 0.29) is 53.8 Å². The van der Waals surface area contributed by atoms with E-state index in [1.54, 1.807) is 6.07 Å². The Kier molecular flexibility index (Phi) is 7.56. The molecule has 2 saturated heterocycles. The minimum absolute atomic E-state index is 0.00206. The van der Waals surface area contributed by atoms with Crippen LogP contribution in [0.4, 0.5) is 13.2 Å². The van der Waals surface area contributed by atoms with Crippen molar-refractivity contribution in [3.8, 4) is 11.5 Å². The van der Waals surface area contributed by atoms with Gasteiger partial charge in [0.15, 0.2) is 23.1 Å². The lowest BCUT2D eigenvalue weighted by molar-refractivity contribution is -0.136. The van der Waals surface area contributed by atoms with Crippen LogP contribution in [0.2, 0.25) is 0 Å². The van der Waals surface area contributed by atoms with Crippen LogP contribution >= 0.6 is 0 Å². The van der Waals surface area contributed by atoms with Gasteiger partial charge in [-0.1, -0.05) is 0 Å². The molecule has 2 fully saturated rings. The van der Waals surface area contributed by atoms with E-state index < -0.39 is 33.5 Å². The van der Waals surface area contributed by atoms with Crippen molar-refractivity contribution in [1.29, 1.82) is 0 Å². The van der Waals surface area contributed by atoms with E-state index in [4.69, 9.17) is 15.2 Å². The lowest BCUT2D eigenvalue weighted by Gasteiger charge is -2.41. The Morgan fingerprint density at radius 3 is 2.37 bits per heavy atom. The van der Waals surface area contributed by atoms with E-state index in [1.165, 1.54) is 12.1 Å². The van der Waals surface area contributed by atoms with E-state index >= 15 is 0 Å². The van der Waals surface area contributed by atoms with Crippen LogP contribution in [-0.2, 0) is 21.2 Å². The van der Waals surface area contributed by atoms with Crippen LogP contribution in [0.3, 0.4) is 0 Å². The molecule has 3 heterocycles. The summed E-state index contributed by atoms with van der Waals surface area (Å²) in [5.41, 5.74) is 6.39. The van der Waals surface area contributed by atoms with Crippen LogP contribution in [0.5, 0.6) is 11.5 Å². The molecule has 0 aliphatic carbocycles. The number of carbonyl (C=O) groups is 1. The quantitative estimate of drug-likeness (QED) is 0.487. The second-order valence-corrected chi connectivity index (χ2v) is 11.9. The molecule has 0 saturated carbocycles. The maximum atomic E-state index is 14.1. The van der Waals surface area contributed by atoms with Gasteiger partial charge in [0.05, 0.1) is 4.90 Å². The normalized spacial score (nSPS) is 23.4. The summed E-state index contributed by atoms with van der Waals surface area (Å²) in [5.74, 6) is -2.47. The zero-order valence-corrected chi connectivity index (χ0v) is 21.5. The number of sulfonamides is 1. The highest BCUT2D eigenvalue weighted by molar-refractivity contribution is 7.89. The number of amides is 1. The second-order valence-electron chi connectivity index (χ2n) is 10.1. The van der Waals surface area contributed by atoms with Gasteiger partial charge in [0.2, 0.25) is 15.9 Å². The molecular formula is C26H30F3N3O5S. The molecule has 2 aromatic carbocycles. The zero-order valence-electron chi connectivity index (χ0n) is 20.7. The first-order valence-electron chi connectivity index (χ1n) is 12.7. The van der Waals surface area contributed by atoms with Crippen LogP contribution in [0.15, 0.2) is 35.2 Å². The Bertz CT molecular complexity index is 1310. The Labute approximate surface area is 219 Å². The molecule has 0 spiro atoms. The molecule has 0 radical (unpaired) electrons. The molecule has 1 amide bonds. The molecule has 3 aliphatic heterocycles. The minimum atomic E-state index is -3.84. The molecule has 0 aromatic heterocycles. The summed E-state index contributed by atoms with van der Waals surface area (Å²) in [4.78, 5) is 14.9. The summed E-state index contributed by atoms with van der Waals surface area (Å²) in [6, 6.07) is 5.21. The Hall–Kier alpha value is -2.83. The van der Waals surface area contributed by atoms with Crippen LogP contribution in [0.25, 0.3) is 0 Å². The summed E-state index contributed by atoms with van der Waals surface area (Å²) in [6.07, 6.45) is 2.94. The predicted molar refractivity (Wildman–Crippen MR) is 132 cm³/mol. The van der Waals surface area contributed by atoms with Crippen LogP contribution in [0, 0.1) is 23.4 Å². The van der Waals surface area contributed by atoms with E-state index in [2.05, 4.69) is 4.72 Å². The number of fused-ring (bicyclic) bond motifs is 3. The van der Waals surface area contributed by atoms with Crippen molar-refractivity contribution in [2.75, 3.05) is 19.8 Å². The highest BCUT2D eigenvalue weighted by atomic mass is 32.2. The summed E-state index contributed by atoms with van der Waals surface area (Å²) >= 11 is 0. The number of ether oxygens (including phenoxy) is 2. The minimum Gasteiger partial charge on any atom is -0.486 e. The number of hydrogen-bond acceptors (Lipinski definition) is 6. The maximum Gasteiger partial charge on any atom is 0.240 e. The third kappa shape index (κ3) is 5.48. The predicted octanol–water partition coefficient (Wildman–Crippen LogP) is 2.88.